The first-order chi connectivity index (χ1) is 14.8. The average Bonchev–Trinajstić information content (AvgIpc) is 2.69. The second kappa shape index (κ2) is 11.7. The van der Waals surface area contributed by atoms with Crippen LogP contribution in [0.2, 0.25) is 0 Å². The maximum Gasteiger partial charge on any atom is 0.457 e. The summed E-state index contributed by atoms with van der Waals surface area (Å²) >= 11 is 0. The summed E-state index contributed by atoms with van der Waals surface area (Å²) in [6.07, 6.45) is -1.15. The number of carboxylic acid groups (broad SMARTS) is 1. The van der Waals surface area contributed by atoms with E-state index in [0.29, 0.717) is 5.56 Å². The number of carbonyl (C=O) groups is 2. The number of carbonyl (C=O) groups excluding carboxylic acids is 1. The van der Waals surface area contributed by atoms with Gasteiger partial charge >= 0.3 is 25.3 Å². The van der Waals surface area contributed by atoms with Gasteiger partial charge in [0.2, 0.25) is 0 Å². The Morgan fingerprint density at radius 3 is 1.97 bits per heavy atom. The summed E-state index contributed by atoms with van der Waals surface area (Å²) in [5.74, 6) is -1.34. The van der Waals surface area contributed by atoms with Crippen molar-refractivity contribution in [1.29, 1.82) is 0 Å². The molecule has 0 spiro atoms. The lowest BCUT2D eigenvalue weighted by Gasteiger charge is -2.24. The first-order valence-electron chi connectivity index (χ1n) is 9.67. The molecule has 0 heterocycles. The Bertz CT molecular complexity index is 800. The van der Waals surface area contributed by atoms with E-state index in [9.17, 15) is 28.0 Å². The summed E-state index contributed by atoms with van der Waals surface area (Å²) < 4.78 is 56.0. The molecular formula is C19H28F2NO9P. The minimum atomic E-state index is -5.22. The molecule has 0 radical (unpaired) electrons. The minimum Gasteiger partial charge on any atom is -0.480 e. The standard InChI is InChI=1S/C19H28F2NO9P/c1-6-27-30-32(26,31-28-7-2)19(20,21)14-10-8-13(9-11-14)12-15(16(23)24)22-17(25)29-18(3,4)5/h8-11,15H,6-7,12H2,1-5H3,(H,22,25)(H,23,24). The third-order valence-electron chi connectivity index (χ3n) is 3.61. The summed E-state index contributed by atoms with van der Waals surface area (Å²) in [6.45, 7) is 7.37. The van der Waals surface area contributed by atoms with Crippen molar-refractivity contribution in [1.82, 2.24) is 5.32 Å². The van der Waals surface area contributed by atoms with Crippen molar-refractivity contribution in [2.45, 2.75) is 58.3 Å². The molecule has 1 unspecified atom stereocenters. The van der Waals surface area contributed by atoms with Crippen molar-refractivity contribution in [2.75, 3.05) is 13.2 Å². The van der Waals surface area contributed by atoms with Gasteiger partial charge in [0.1, 0.15) is 11.6 Å². The van der Waals surface area contributed by atoms with Crippen LogP contribution < -0.4 is 5.32 Å². The van der Waals surface area contributed by atoms with Crippen LogP contribution in [0.4, 0.5) is 13.6 Å². The van der Waals surface area contributed by atoms with Gasteiger partial charge < -0.3 is 15.2 Å². The third-order valence-corrected chi connectivity index (χ3v) is 5.16. The zero-order valence-corrected chi connectivity index (χ0v) is 19.3. The minimum absolute atomic E-state index is 0.171. The Balaban J connectivity index is 3.02. The summed E-state index contributed by atoms with van der Waals surface area (Å²) in [6, 6.07) is 2.88. The van der Waals surface area contributed by atoms with Crippen LogP contribution in [-0.2, 0) is 45.3 Å². The molecule has 0 saturated heterocycles. The van der Waals surface area contributed by atoms with Gasteiger partial charge in [0.25, 0.3) is 0 Å². The van der Waals surface area contributed by atoms with E-state index >= 15 is 0 Å². The monoisotopic (exact) mass is 483 g/mol. The molecule has 0 bridgehead atoms. The van der Waals surface area contributed by atoms with E-state index in [1.807, 2.05) is 0 Å². The molecule has 1 aromatic carbocycles. The second-order valence-electron chi connectivity index (χ2n) is 7.44. The van der Waals surface area contributed by atoms with Crippen LogP contribution >= 0.6 is 7.60 Å². The Morgan fingerprint density at radius 1 is 1.06 bits per heavy atom. The normalized spacial score (nSPS) is 13.5. The van der Waals surface area contributed by atoms with E-state index in [0.717, 1.165) is 12.1 Å². The van der Waals surface area contributed by atoms with Gasteiger partial charge in [0.15, 0.2) is 0 Å². The number of alkyl carbamates (subject to hydrolysis) is 1. The predicted octanol–water partition coefficient (Wildman–Crippen LogP) is 4.39. The molecule has 1 amide bonds. The number of hydrogen-bond acceptors (Lipinski definition) is 8. The second-order valence-corrected chi connectivity index (χ2v) is 9.29. The van der Waals surface area contributed by atoms with E-state index < -0.39 is 42.5 Å². The van der Waals surface area contributed by atoms with Gasteiger partial charge in [-0.2, -0.15) is 8.78 Å². The molecule has 0 aliphatic rings. The summed E-state index contributed by atoms with van der Waals surface area (Å²) in [5.41, 5.74) is -5.41. The van der Waals surface area contributed by atoms with E-state index in [4.69, 9.17) is 4.74 Å². The summed E-state index contributed by atoms with van der Waals surface area (Å²) in [5, 5.41) is 11.6. The Kier molecular flexibility index (Phi) is 10.2. The van der Waals surface area contributed by atoms with Gasteiger partial charge in [0, 0.05) is 12.0 Å². The van der Waals surface area contributed by atoms with Crippen LogP contribution in [0.1, 0.15) is 45.7 Å². The van der Waals surface area contributed by atoms with E-state index in [1.54, 1.807) is 20.8 Å². The first-order valence-corrected chi connectivity index (χ1v) is 11.2. The number of benzene rings is 1. The number of rotatable bonds is 12. The molecule has 0 fully saturated rings. The van der Waals surface area contributed by atoms with Crippen molar-refractivity contribution >= 4 is 19.7 Å². The van der Waals surface area contributed by atoms with Crippen LogP contribution in [-0.4, -0.2) is 42.0 Å². The first kappa shape index (κ1) is 27.9. The molecule has 32 heavy (non-hydrogen) atoms. The zero-order chi connectivity index (χ0) is 24.6. The number of ether oxygens (including phenoxy) is 1. The molecule has 182 valence electrons. The lowest BCUT2D eigenvalue weighted by atomic mass is 10.0. The Hall–Kier alpha value is -2.11. The van der Waals surface area contributed by atoms with Crippen LogP contribution in [0.5, 0.6) is 0 Å². The van der Waals surface area contributed by atoms with E-state index in [1.165, 1.54) is 26.0 Å². The topological polar surface area (TPSA) is 130 Å². The number of hydrogen-bond donors (Lipinski definition) is 2. The number of amides is 1. The highest BCUT2D eigenvalue weighted by Gasteiger charge is 2.57. The molecule has 0 aromatic heterocycles. The lowest BCUT2D eigenvalue weighted by Crippen LogP contribution is -2.44. The Labute approximate surface area is 184 Å². The van der Waals surface area contributed by atoms with Gasteiger partial charge in [-0.25, -0.2) is 23.9 Å². The molecule has 2 N–H and O–H groups in total. The zero-order valence-electron chi connectivity index (χ0n) is 18.4. The maximum atomic E-state index is 14.9. The highest BCUT2D eigenvalue weighted by molar-refractivity contribution is 7.54. The largest absolute Gasteiger partial charge is 0.480 e. The fourth-order valence-electron chi connectivity index (χ4n) is 2.24. The predicted molar refractivity (Wildman–Crippen MR) is 108 cm³/mol. The summed E-state index contributed by atoms with van der Waals surface area (Å²) in [4.78, 5) is 32.2. The average molecular weight is 483 g/mol. The fraction of sp³-hybridized carbons (Fsp3) is 0.579. The molecular weight excluding hydrogens is 455 g/mol. The number of nitrogens with one attached hydrogen (secondary N) is 1. The molecule has 0 aliphatic heterocycles. The van der Waals surface area contributed by atoms with Crippen molar-refractivity contribution in [3.63, 3.8) is 0 Å². The molecule has 1 rings (SSSR count). The number of halogens is 2. The van der Waals surface area contributed by atoms with Crippen LogP contribution in [0.15, 0.2) is 24.3 Å². The molecule has 13 heteroatoms. The van der Waals surface area contributed by atoms with Gasteiger partial charge in [-0.05, 0) is 40.2 Å². The fourth-order valence-corrected chi connectivity index (χ4v) is 3.40. The van der Waals surface area contributed by atoms with Crippen LogP contribution in [0, 0.1) is 0 Å². The van der Waals surface area contributed by atoms with E-state index in [2.05, 4.69) is 24.4 Å². The summed E-state index contributed by atoms with van der Waals surface area (Å²) in [7, 11) is -5.22. The number of alkyl halides is 2. The van der Waals surface area contributed by atoms with Crippen molar-refractivity contribution in [3.8, 4) is 0 Å². The SMILES string of the molecule is CCOOP(=O)(OOCC)C(F)(F)c1ccc(CC(NC(=O)OC(C)(C)C)C(=O)O)cc1. The number of carboxylic acids is 1. The van der Waals surface area contributed by atoms with E-state index in [-0.39, 0.29) is 19.6 Å². The lowest BCUT2D eigenvalue weighted by molar-refractivity contribution is -0.275. The molecule has 0 saturated carbocycles. The smallest absolute Gasteiger partial charge is 0.457 e. The maximum absolute atomic E-state index is 14.9. The third kappa shape index (κ3) is 8.10. The Morgan fingerprint density at radius 2 is 1.56 bits per heavy atom. The van der Waals surface area contributed by atoms with Gasteiger partial charge in [-0.1, -0.05) is 24.3 Å². The van der Waals surface area contributed by atoms with Crippen LogP contribution in [0.25, 0.3) is 0 Å². The van der Waals surface area contributed by atoms with Gasteiger partial charge in [-0.15, -0.1) is 9.35 Å². The quantitative estimate of drug-likeness (QED) is 0.253. The van der Waals surface area contributed by atoms with Crippen LogP contribution in [0.3, 0.4) is 0 Å². The van der Waals surface area contributed by atoms with Crippen molar-refractivity contribution < 1.29 is 51.9 Å². The van der Waals surface area contributed by atoms with Gasteiger partial charge in [-0.3, -0.25) is 0 Å². The molecule has 0 aliphatic carbocycles. The molecule has 10 nitrogen and oxygen atoms in total. The van der Waals surface area contributed by atoms with Crippen molar-refractivity contribution in [3.05, 3.63) is 35.4 Å². The highest BCUT2D eigenvalue weighted by Crippen LogP contribution is 2.67. The van der Waals surface area contributed by atoms with Crippen molar-refractivity contribution in [2.24, 2.45) is 0 Å². The highest BCUT2D eigenvalue weighted by atomic mass is 31.2. The number of aliphatic carboxylic acids is 1. The van der Waals surface area contributed by atoms with Gasteiger partial charge in [0.05, 0.1) is 13.2 Å². The molecule has 1 atom stereocenters. The molecule has 1 aromatic rings.